The molecular weight excluding hydrogens is 439 g/mol. The Morgan fingerprint density at radius 3 is 2.48 bits per heavy atom. The molecule has 0 aromatic heterocycles. The first-order chi connectivity index (χ1) is 15.7. The van der Waals surface area contributed by atoms with Crippen LogP contribution in [-0.4, -0.2) is 34.9 Å². The molecule has 0 radical (unpaired) electrons. The van der Waals surface area contributed by atoms with Crippen LogP contribution in [0.1, 0.15) is 72.6 Å². The van der Waals surface area contributed by atoms with Gasteiger partial charge in [0.1, 0.15) is 0 Å². The van der Waals surface area contributed by atoms with Crippen molar-refractivity contribution in [2.75, 3.05) is 0 Å². The Morgan fingerprint density at radius 1 is 1.06 bits per heavy atom. The minimum Gasteiger partial charge on any atom is -0.426 e. The summed E-state index contributed by atoms with van der Waals surface area (Å²) in [5, 5.41) is 25.5. The Labute approximate surface area is 200 Å². The van der Waals surface area contributed by atoms with Crippen LogP contribution in [-0.2, 0) is 17.6 Å². The first-order valence-electron chi connectivity index (χ1n) is 11.6. The summed E-state index contributed by atoms with van der Waals surface area (Å²) >= 11 is 6.18. The van der Waals surface area contributed by atoms with E-state index >= 15 is 0 Å². The number of hydrogen-bond donors (Lipinski definition) is 4. The first kappa shape index (κ1) is 25.3. The van der Waals surface area contributed by atoms with Crippen LogP contribution in [0.3, 0.4) is 0 Å². The Kier molecular flexibility index (Phi) is 8.95. The molecule has 2 amide bonds. The third kappa shape index (κ3) is 7.07. The second-order valence-corrected chi connectivity index (χ2v) is 9.59. The Balaban J connectivity index is 1.81. The third-order valence-electron chi connectivity index (χ3n) is 6.02. The summed E-state index contributed by atoms with van der Waals surface area (Å²) in [6.45, 7) is 3.88. The van der Waals surface area contributed by atoms with Gasteiger partial charge in [0.25, 0.3) is 5.91 Å². The van der Waals surface area contributed by atoms with E-state index in [1.54, 1.807) is 18.2 Å². The number of halogens is 1. The summed E-state index contributed by atoms with van der Waals surface area (Å²) in [5.41, 5.74) is 3.64. The molecule has 1 aliphatic carbocycles. The molecule has 2 atom stereocenters. The highest BCUT2D eigenvalue weighted by Crippen LogP contribution is 2.26. The molecule has 176 valence electrons. The number of aryl methyl sites for hydroxylation is 1. The summed E-state index contributed by atoms with van der Waals surface area (Å²) in [6.07, 6.45) is 4.38. The highest BCUT2D eigenvalue weighted by Gasteiger charge is 2.28. The second kappa shape index (κ2) is 11.7. The second-order valence-electron chi connectivity index (χ2n) is 9.15. The van der Waals surface area contributed by atoms with Crippen LogP contribution >= 0.6 is 11.6 Å². The van der Waals surface area contributed by atoms with Crippen LogP contribution in [0.2, 0.25) is 5.02 Å². The standard InChI is InChI=1S/C25H32BClN2O4/c1-16(2)13-23(26(32)33)29-24(30)15-22(18-9-5-10-19(27)14-18)28-25(31)21-12-6-8-17-7-3-4-11-20(17)21/h5-6,8-10,12,14,16,22-23,32-33H,3-4,7,11,13,15H2,1-2H3,(H,28,31)(H,29,30). The fourth-order valence-electron chi connectivity index (χ4n) is 4.42. The average molecular weight is 471 g/mol. The van der Waals surface area contributed by atoms with Gasteiger partial charge in [0, 0.05) is 10.6 Å². The van der Waals surface area contributed by atoms with Gasteiger partial charge in [-0.05, 0) is 72.9 Å². The molecule has 2 aromatic rings. The van der Waals surface area contributed by atoms with Crippen molar-refractivity contribution in [3.63, 3.8) is 0 Å². The summed E-state index contributed by atoms with van der Waals surface area (Å²) in [4.78, 5) is 26.1. The van der Waals surface area contributed by atoms with Gasteiger partial charge < -0.3 is 20.7 Å². The van der Waals surface area contributed by atoms with Crippen LogP contribution in [0.25, 0.3) is 0 Å². The summed E-state index contributed by atoms with van der Waals surface area (Å²) in [7, 11) is -1.66. The molecule has 2 unspecified atom stereocenters. The molecule has 33 heavy (non-hydrogen) atoms. The van der Waals surface area contributed by atoms with Gasteiger partial charge in [0.2, 0.25) is 5.91 Å². The van der Waals surface area contributed by atoms with E-state index in [4.69, 9.17) is 11.6 Å². The van der Waals surface area contributed by atoms with E-state index in [2.05, 4.69) is 16.7 Å². The molecule has 0 fully saturated rings. The molecular formula is C25H32BClN2O4. The lowest BCUT2D eigenvalue weighted by Crippen LogP contribution is -2.48. The maximum Gasteiger partial charge on any atom is 0.475 e. The minimum absolute atomic E-state index is 0.0532. The molecule has 2 aromatic carbocycles. The van der Waals surface area contributed by atoms with Crippen LogP contribution in [0.15, 0.2) is 42.5 Å². The van der Waals surface area contributed by atoms with E-state index in [1.165, 1.54) is 5.56 Å². The number of fused-ring (bicyclic) bond motifs is 1. The smallest absolute Gasteiger partial charge is 0.426 e. The van der Waals surface area contributed by atoms with Crippen LogP contribution in [0.4, 0.5) is 0 Å². The number of rotatable bonds is 9. The summed E-state index contributed by atoms with van der Waals surface area (Å²) in [5.74, 6) is -1.22. The Hall–Kier alpha value is -2.35. The van der Waals surface area contributed by atoms with E-state index in [0.717, 1.165) is 31.2 Å². The number of benzene rings is 2. The maximum absolute atomic E-state index is 13.3. The number of carbonyl (C=O) groups excluding carboxylic acids is 2. The molecule has 0 spiro atoms. The molecule has 8 heteroatoms. The lowest BCUT2D eigenvalue weighted by molar-refractivity contribution is -0.122. The topological polar surface area (TPSA) is 98.7 Å². The monoisotopic (exact) mass is 470 g/mol. The fourth-order valence-corrected chi connectivity index (χ4v) is 4.62. The molecule has 1 aliphatic rings. The Bertz CT molecular complexity index is 983. The predicted molar refractivity (Wildman–Crippen MR) is 131 cm³/mol. The van der Waals surface area contributed by atoms with E-state index in [-0.39, 0.29) is 24.2 Å². The van der Waals surface area contributed by atoms with E-state index < -0.39 is 19.1 Å². The zero-order valence-corrected chi connectivity index (χ0v) is 19.9. The third-order valence-corrected chi connectivity index (χ3v) is 6.25. The summed E-state index contributed by atoms with van der Waals surface area (Å²) < 4.78 is 0. The van der Waals surface area contributed by atoms with Crippen LogP contribution in [0, 0.1) is 5.92 Å². The van der Waals surface area contributed by atoms with Crippen molar-refractivity contribution in [1.82, 2.24) is 10.6 Å². The highest BCUT2D eigenvalue weighted by atomic mass is 35.5. The molecule has 3 rings (SSSR count). The van der Waals surface area contributed by atoms with E-state index in [1.807, 2.05) is 32.0 Å². The maximum atomic E-state index is 13.3. The number of carbonyl (C=O) groups is 2. The normalized spacial score (nSPS) is 14.8. The summed E-state index contributed by atoms with van der Waals surface area (Å²) in [6, 6.07) is 12.2. The van der Waals surface area contributed by atoms with Gasteiger partial charge in [-0.3, -0.25) is 9.59 Å². The van der Waals surface area contributed by atoms with Crippen molar-refractivity contribution in [2.24, 2.45) is 5.92 Å². The van der Waals surface area contributed by atoms with Crippen LogP contribution in [0.5, 0.6) is 0 Å². The molecule has 4 N–H and O–H groups in total. The van der Waals surface area contributed by atoms with Crippen molar-refractivity contribution < 1.29 is 19.6 Å². The number of nitrogens with one attached hydrogen (secondary N) is 2. The van der Waals surface area contributed by atoms with Gasteiger partial charge in [-0.25, -0.2) is 0 Å². The number of amides is 2. The average Bonchev–Trinajstić information content (AvgIpc) is 2.77. The van der Waals surface area contributed by atoms with Crippen molar-refractivity contribution in [3.8, 4) is 0 Å². The van der Waals surface area contributed by atoms with Gasteiger partial charge in [0.05, 0.1) is 18.4 Å². The van der Waals surface area contributed by atoms with Crippen molar-refractivity contribution in [2.45, 2.75) is 64.4 Å². The molecule has 0 saturated carbocycles. The molecule has 6 nitrogen and oxygen atoms in total. The molecule has 0 saturated heterocycles. The largest absolute Gasteiger partial charge is 0.475 e. The van der Waals surface area contributed by atoms with Crippen molar-refractivity contribution in [3.05, 3.63) is 69.7 Å². The quantitative estimate of drug-likeness (QED) is 0.421. The zero-order valence-electron chi connectivity index (χ0n) is 19.2. The highest BCUT2D eigenvalue weighted by molar-refractivity contribution is 6.43. The van der Waals surface area contributed by atoms with Crippen LogP contribution < -0.4 is 10.6 Å². The van der Waals surface area contributed by atoms with E-state index in [9.17, 15) is 19.6 Å². The fraction of sp³-hybridized carbons (Fsp3) is 0.440. The zero-order chi connectivity index (χ0) is 24.0. The lowest BCUT2D eigenvalue weighted by Gasteiger charge is -2.24. The van der Waals surface area contributed by atoms with Gasteiger partial charge in [-0.2, -0.15) is 0 Å². The van der Waals surface area contributed by atoms with Gasteiger partial charge >= 0.3 is 7.12 Å². The van der Waals surface area contributed by atoms with Gasteiger partial charge in [-0.15, -0.1) is 0 Å². The Morgan fingerprint density at radius 2 is 1.79 bits per heavy atom. The lowest BCUT2D eigenvalue weighted by atomic mass is 9.75. The van der Waals surface area contributed by atoms with Gasteiger partial charge in [0.15, 0.2) is 0 Å². The van der Waals surface area contributed by atoms with E-state index in [0.29, 0.717) is 22.6 Å². The van der Waals surface area contributed by atoms with Gasteiger partial charge in [-0.1, -0.05) is 49.7 Å². The van der Waals surface area contributed by atoms with Crippen molar-refractivity contribution in [1.29, 1.82) is 0 Å². The molecule has 0 bridgehead atoms. The number of hydrogen-bond acceptors (Lipinski definition) is 4. The minimum atomic E-state index is -1.66. The van der Waals surface area contributed by atoms with Crippen molar-refractivity contribution >= 4 is 30.5 Å². The predicted octanol–water partition coefficient (Wildman–Crippen LogP) is 3.62. The first-order valence-corrected chi connectivity index (χ1v) is 11.9. The molecule has 0 heterocycles. The SMILES string of the molecule is CC(C)CC(NC(=O)CC(NC(=O)c1cccc2c1CCCC2)c1cccc(Cl)c1)B(O)O. The molecule has 0 aliphatic heterocycles.